The van der Waals surface area contributed by atoms with E-state index in [1.54, 1.807) is 0 Å². The van der Waals surface area contributed by atoms with Gasteiger partial charge in [0.25, 0.3) is 0 Å². The van der Waals surface area contributed by atoms with Gasteiger partial charge >= 0.3 is 200 Å². The van der Waals surface area contributed by atoms with Crippen LogP contribution < -0.4 is 24.9 Å². The van der Waals surface area contributed by atoms with E-state index in [0.29, 0.717) is 0 Å². The van der Waals surface area contributed by atoms with Crippen LogP contribution >= 0.6 is 0 Å². The standard InChI is InChI=1S/6Al.Ca.12O.Ti/q;;;;;;+2;;;;;;;6*-1;+4. The Morgan fingerprint density at radius 2 is 0.400 bits per heavy atom. The normalized spacial score (nSPS) is 2.40. The molecule has 0 saturated heterocycles. The molecule has 0 unspecified atom stereocenters. The van der Waals surface area contributed by atoms with E-state index in [1.165, 1.54) is 0 Å². The Bertz CT molecular complexity index is 119. The molecule has 0 atom stereocenters. The molecule has 0 bridgehead atoms. The van der Waals surface area contributed by atoms with E-state index in [9.17, 15) is 0 Å². The fraction of sp³-hybridized carbons (Fsp3) is 0. The second kappa shape index (κ2) is 122. The predicted octanol–water partition coefficient (Wildman–Crippen LogP) is -10.5. The summed E-state index contributed by atoms with van der Waals surface area (Å²) in [7, 11) is 0. The monoisotopic (exact) mass is 442 g/mol. The van der Waals surface area contributed by atoms with Crippen molar-refractivity contribution in [2.24, 2.45) is 0 Å². The molecule has 96 valence electrons. The van der Waals surface area contributed by atoms with E-state index in [2.05, 4.69) is 0 Å². The van der Waals surface area contributed by atoms with Gasteiger partial charge in [0, 0.05) is 0 Å². The minimum atomic E-state index is -1.75. The Hall–Kier alpha value is 2.77. The van der Waals surface area contributed by atoms with Gasteiger partial charge in [0.05, 0.1) is 0 Å². The quantitative estimate of drug-likeness (QED) is 0.318. The molecule has 0 aromatic heterocycles. The van der Waals surface area contributed by atoms with Crippen LogP contribution in [0.1, 0.15) is 0 Å². The van der Waals surface area contributed by atoms with Crippen molar-refractivity contribution in [3.05, 3.63) is 0 Å². The Morgan fingerprint density at radius 1 is 0.400 bits per heavy atom. The van der Waals surface area contributed by atoms with Crippen LogP contribution in [0.15, 0.2) is 0 Å². The Balaban J connectivity index is -0.0000000141. The van der Waals surface area contributed by atoms with Crippen molar-refractivity contribution >= 4 is 131 Å². The molecule has 0 fully saturated rings. The molecule has 0 radical (unpaired) electrons. The topological polar surface area (TPSA) is 241 Å². The second-order valence-corrected chi connectivity index (χ2v) is 1.73. The summed E-state index contributed by atoms with van der Waals surface area (Å²) in [6.07, 6.45) is 0. The van der Waals surface area contributed by atoms with Gasteiger partial charge in [-0.1, -0.05) is 0 Å². The van der Waals surface area contributed by atoms with Crippen molar-refractivity contribution in [3.63, 3.8) is 0 Å². The zero-order chi connectivity index (χ0) is 16.2. The molecular weight excluding hydrogens is 442 g/mol. The summed E-state index contributed by atoms with van der Waals surface area (Å²) in [6, 6.07) is 0. The Morgan fingerprint density at radius 3 is 0.400 bits per heavy atom. The Labute approximate surface area is 196 Å². The van der Waals surface area contributed by atoms with Gasteiger partial charge in [-0.3, -0.25) is 0 Å². The van der Waals surface area contributed by atoms with Crippen LogP contribution in [-0.4, -0.2) is 131 Å². The number of hydrogen-bond donors (Lipinski definition) is 0. The van der Waals surface area contributed by atoms with Crippen LogP contribution in [0, 0.1) is 0 Å². The fourth-order valence-corrected chi connectivity index (χ4v) is 0. The average molecular weight is 442 g/mol. The zero-order valence-corrected chi connectivity index (χ0v) is 20.3. The fourth-order valence-electron chi connectivity index (χ4n) is 0. The summed E-state index contributed by atoms with van der Waals surface area (Å²) >= 11 is -10.5. The first-order valence-corrected chi connectivity index (χ1v) is 8.49. The molecule has 0 aromatic carbocycles. The van der Waals surface area contributed by atoms with Crippen molar-refractivity contribution in [2.75, 3.05) is 0 Å². The van der Waals surface area contributed by atoms with Crippen LogP contribution in [0.3, 0.4) is 0 Å². The van der Waals surface area contributed by atoms with Crippen molar-refractivity contribution in [2.45, 2.75) is 0 Å². The predicted molar refractivity (Wildman–Crippen MR) is 44.4 cm³/mol. The molecule has 20 heavy (non-hydrogen) atoms. The summed E-state index contributed by atoms with van der Waals surface area (Å²) < 4.78 is 101. The third kappa shape index (κ3) is 1060. The maximum atomic E-state index is 8.46. The van der Waals surface area contributed by atoms with Gasteiger partial charge in [0.1, 0.15) is 0 Å². The first kappa shape index (κ1) is 49.5. The van der Waals surface area contributed by atoms with Gasteiger partial charge in [-0.25, -0.2) is 0 Å². The van der Waals surface area contributed by atoms with Gasteiger partial charge in [0.2, 0.25) is 0 Å². The molecule has 0 aliphatic rings. The van der Waals surface area contributed by atoms with Crippen LogP contribution in [0.25, 0.3) is 0 Å². The second-order valence-electron chi connectivity index (χ2n) is 0.577. The van der Waals surface area contributed by atoms with Gasteiger partial charge < -0.3 is 0 Å². The van der Waals surface area contributed by atoms with Crippen molar-refractivity contribution in [1.82, 2.24) is 0 Å². The maximum absolute atomic E-state index is 8.46. The van der Waals surface area contributed by atoms with Crippen LogP contribution in [0.2, 0.25) is 0 Å². The summed E-state index contributed by atoms with van der Waals surface area (Å²) in [5, 5.41) is 0. The van der Waals surface area contributed by atoms with Gasteiger partial charge in [-0.05, 0) is 0 Å². The molecule has 0 aliphatic carbocycles. The third-order valence-corrected chi connectivity index (χ3v) is 0. The minimum Gasteiger partial charge on any atom is 4.00 e. The maximum Gasteiger partial charge on any atom is 4.00 e. The molecule has 12 nitrogen and oxygen atoms in total. The van der Waals surface area contributed by atoms with E-state index >= 15 is 0 Å². The molecule has 20 heteroatoms. The summed E-state index contributed by atoms with van der Waals surface area (Å²) in [4.78, 5) is 0. The van der Waals surface area contributed by atoms with Gasteiger partial charge in [-0.15, -0.1) is 0 Å². The Kier molecular flexibility index (Phi) is 302. The third-order valence-electron chi connectivity index (χ3n) is 0. The van der Waals surface area contributed by atoms with E-state index < -0.39 is 92.9 Å². The summed E-state index contributed by atoms with van der Waals surface area (Å²) in [6.45, 7) is 0. The molecule has 0 rings (SSSR count). The van der Waals surface area contributed by atoms with Crippen LogP contribution in [0.4, 0.5) is 0 Å². The van der Waals surface area contributed by atoms with E-state index in [4.69, 9.17) is 47.8 Å². The van der Waals surface area contributed by atoms with Gasteiger partial charge in [0.15, 0.2) is 0 Å². The molecular formula is Al6CaO12Ti. The van der Waals surface area contributed by atoms with Gasteiger partial charge in [-0.2, -0.15) is 0 Å². The SMILES string of the molecule is [Ca+2].[O]=[Al][O-].[O]=[Al][O-].[O]=[Al][O-].[O]=[Al][O-].[O]=[Al][O-].[O]=[Al][O-].[Ti+4]. The van der Waals surface area contributed by atoms with E-state index in [0.717, 1.165) is 0 Å². The van der Waals surface area contributed by atoms with E-state index in [-0.39, 0.29) is 59.5 Å². The number of hydrogen-bond acceptors (Lipinski definition) is 12. The minimum absolute atomic E-state index is 0. The van der Waals surface area contributed by atoms with Crippen molar-refractivity contribution < 1.29 is 69.5 Å². The van der Waals surface area contributed by atoms with E-state index in [1.807, 2.05) is 0 Å². The van der Waals surface area contributed by atoms with Crippen molar-refractivity contribution in [3.8, 4) is 0 Å². The summed E-state index contributed by atoms with van der Waals surface area (Å²) in [5.41, 5.74) is 0. The molecule has 0 amide bonds. The molecule has 0 N–H and O–H groups in total. The van der Waals surface area contributed by atoms with Crippen LogP contribution in [0.5, 0.6) is 0 Å². The smallest absolute Gasteiger partial charge is 4.00 e. The zero-order valence-electron chi connectivity index (χ0n) is 9.57. The number of rotatable bonds is 0. The molecule has 0 aromatic rings. The molecule has 0 heterocycles. The van der Waals surface area contributed by atoms with Crippen molar-refractivity contribution in [1.29, 1.82) is 0 Å². The first-order chi connectivity index (χ1) is 8.49. The van der Waals surface area contributed by atoms with Crippen LogP contribution in [-0.2, 0) is 44.5 Å². The molecule has 0 aliphatic heterocycles. The average Bonchev–Trinajstić information content (AvgIpc) is 2.23. The molecule has 0 spiro atoms. The summed E-state index contributed by atoms with van der Waals surface area (Å²) in [5.74, 6) is 0. The first-order valence-electron chi connectivity index (χ1n) is 2.83. The largest absolute Gasteiger partial charge is 4.00 e. The molecule has 0 saturated carbocycles.